The van der Waals surface area contributed by atoms with Crippen LogP contribution in [0.25, 0.3) is 0 Å². The van der Waals surface area contributed by atoms with Gasteiger partial charge in [-0.2, -0.15) is 0 Å². The van der Waals surface area contributed by atoms with E-state index >= 15 is 0 Å². The molecule has 0 aliphatic carbocycles. The van der Waals surface area contributed by atoms with E-state index < -0.39 is 0 Å². The van der Waals surface area contributed by atoms with Gasteiger partial charge in [-0.1, -0.05) is 6.07 Å². The fourth-order valence-corrected chi connectivity index (χ4v) is 2.79. The average molecular weight is 218 g/mol. The monoisotopic (exact) mass is 218 g/mol. The van der Waals surface area contributed by atoms with Crippen LogP contribution in [0.5, 0.6) is 0 Å². The maximum absolute atomic E-state index is 6.02. The highest BCUT2D eigenvalue weighted by Gasteiger charge is 2.34. The highest BCUT2D eigenvalue weighted by Crippen LogP contribution is 2.29. The minimum Gasteiger partial charge on any atom is -0.372 e. The Balaban J connectivity index is 1.56. The van der Waals surface area contributed by atoms with Crippen LogP contribution < -0.4 is 0 Å². The van der Waals surface area contributed by atoms with E-state index in [0.717, 1.165) is 12.5 Å². The summed E-state index contributed by atoms with van der Waals surface area (Å²) in [4.78, 5) is 6.63. The van der Waals surface area contributed by atoms with E-state index in [1.807, 2.05) is 12.3 Å². The van der Waals surface area contributed by atoms with Crippen LogP contribution in [0.15, 0.2) is 24.5 Å². The van der Waals surface area contributed by atoms with Crippen molar-refractivity contribution in [3.8, 4) is 0 Å². The van der Waals surface area contributed by atoms with Gasteiger partial charge < -0.3 is 9.64 Å². The van der Waals surface area contributed by atoms with Crippen molar-refractivity contribution in [3.63, 3.8) is 0 Å². The summed E-state index contributed by atoms with van der Waals surface area (Å²) in [6, 6.07) is 4.05. The topological polar surface area (TPSA) is 25.4 Å². The van der Waals surface area contributed by atoms with Gasteiger partial charge in [0.15, 0.2) is 0 Å². The molecule has 16 heavy (non-hydrogen) atoms. The third kappa shape index (κ3) is 2.11. The zero-order valence-electron chi connectivity index (χ0n) is 9.51. The zero-order valence-corrected chi connectivity index (χ0v) is 9.51. The van der Waals surface area contributed by atoms with Crippen molar-refractivity contribution in [1.82, 2.24) is 9.88 Å². The molecule has 1 unspecified atom stereocenters. The second kappa shape index (κ2) is 4.52. The Morgan fingerprint density at radius 2 is 2.25 bits per heavy atom. The average Bonchev–Trinajstić information content (AvgIpc) is 2.39. The fourth-order valence-electron chi connectivity index (χ4n) is 2.79. The summed E-state index contributed by atoms with van der Waals surface area (Å²) in [5.74, 6) is 0.793. The standard InChI is InChI=1S/C13H18N2O/c1-2-11(8-14-5-1)10-16-13-9-15-6-3-12(13)4-7-15/h1-2,5,8,12-13H,3-4,6-7,9-10H2. The van der Waals surface area contributed by atoms with Gasteiger partial charge in [0.25, 0.3) is 0 Å². The van der Waals surface area contributed by atoms with Gasteiger partial charge in [-0.25, -0.2) is 0 Å². The van der Waals surface area contributed by atoms with E-state index in [1.165, 1.54) is 31.5 Å². The maximum atomic E-state index is 6.02. The molecular weight excluding hydrogens is 200 g/mol. The molecule has 4 heterocycles. The van der Waals surface area contributed by atoms with Gasteiger partial charge in [-0.05, 0) is 43.5 Å². The SMILES string of the molecule is c1cncc(COC2CN3CCC2CC3)c1. The molecule has 0 radical (unpaired) electrons. The first-order valence-electron chi connectivity index (χ1n) is 6.15. The number of rotatable bonds is 3. The van der Waals surface area contributed by atoms with Crippen LogP contribution in [-0.4, -0.2) is 35.6 Å². The molecule has 0 aromatic carbocycles. The molecule has 3 aliphatic heterocycles. The van der Waals surface area contributed by atoms with Crippen LogP contribution in [0.2, 0.25) is 0 Å². The van der Waals surface area contributed by atoms with Crippen molar-refractivity contribution in [1.29, 1.82) is 0 Å². The summed E-state index contributed by atoms with van der Waals surface area (Å²) in [6.45, 7) is 4.39. The first-order chi connectivity index (χ1) is 7.92. The lowest BCUT2D eigenvalue weighted by Gasteiger charge is -2.44. The van der Waals surface area contributed by atoms with E-state index in [2.05, 4.69) is 16.0 Å². The lowest BCUT2D eigenvalue weighted by atomic mass is 9.86. The lowest BCUT2D eigenvalue weighted by Crippen LogP contribution is -2.51. The van der Waals surface area contributed by atoms with Crippen LogP contribution in [-0.2, 0) is 11.3 Å². The molecule has 3 heteroatoms. The van der Waals surface area contributed by atoms with Crippen molar-refractivity contribution >= 4 is 0 Å². The molecule has 3 nitrogen and oxygen atoms in total. The number of ether oxygens (including phenoxy) is 1. The Morgan fingerprint density at radius 1 is 1.38 bits per heavy atom. The summed E-state index contributed by atoms with van der Waals surface area (Å²) in [6.07, 6.45) is 6.77. The molecule has 0 amide bonds. The van der Waals surface area contributed by atoms with Gasteiger partial charge in [0, 0.05) is 18.9 Å². The fraction of sp³-hybridized carbons (Fsp3) is 0.615. The van der Waals surface area contributed by atoms with Crippen molar-refractivity contribution in [2.24, 2.45) is 5.92 Å². The molecule has 3 fully saturated rings. The van der Waals surface area contributed by atoms with Crippen molar-refractivity contribution < 1.29 is 4.74 Å². The molecule has 3 aliphatic rings. The van der Waals surface area contributed by atoms with Crippen LogP contribution in [0, 0.1) is 5.92 Å². The zero-order chi connectivity index (χ0) is 10.8. The Morgan fingerprint density at radius 3 is 2.88 bits per heavy atom. The van der Waals surface area contributed by atoms with Crippen molar-refractivity contribution in [2.75, 3.05) is 19.6 Å². The molecular formula is C13H18N2O. The van der Waals surface area contributed by atoms with Crippen molar-refractivity contribution in [3.05, 3.63) is 30.1 Å². The number of pyridine rings is 1. The van der Waals surface area contributed by atoms with Gasteiger partial charge in [-0.3, -0.25) is 4.98 Å². The molecule has 1 atom stereocenters. The highest BCUT2D eigenvalue weighted by molar-refractivity contribution is 5.07. The van der Waals surface area contributed by atoms with Crippen LogP contribution in [0.4, 0.5) is 0 Å². The molecule has 3 saturated heterocycles. The Bertz CT molecular complexity index is 333. The van der Waals surface area contributed by atoms with Gasteiger partial charge >= 0.3 is 0 Å². The second-order valence-electron chi connectivity index (χ2n) is 4.85. The molecule has 4 rings (SSSR count). The normalized spacial score (nSPS) is 32.9. The third-order valence-corrected chi connectivity index (χ3v) is 3.78. The maximum Gasteiger partial charge on any atom is 0.0736 e. The van der Waals surface area contributed by atoms with Gasteiger partial charge in [0.05, 0.1) is 12.7 Å². The predicted molar refractivity (Wildman–Crippen MR) is 62.0 cm³/mol. The highest BCUT2D eigenvalue weighted by atomic mass is 16.5. The smallest absolute Gasteiger partial charge is 0.0736 e. The number of hydrogen-bond acceptors (Lipinski definition) is 3. The van der Waals surface area contributed by atoms with E-state index in [-0.39, 0.29) is 0 Å². The number of nitrogens with zero attached hydrogens (tertiary/aromatic N) is 2. The van der Waals surface area contributed by atoms with Gasteiger partial charge in [0.1, 0.15) is 0 Å². The largest absolute Gasteiger partial charge is 0.372 e. The summed E-state index contributed by atoms with van der Waals surface area (Å²) in [5, 5.41) is 0. The number of aromatic nitrogens is 1. The Hall–Kier alpha value is -0.930. The minimum atomic E-state index is 0.447. The van der Waals surface area contributed by atoms with Crippen LogP contribution in [0.1, 0.15) is 18.4 Å². The molecule has 1 aromatic heterocycles. The molecule has 1 aromatic rings. The van der Waals surface area contributed by atoms with Gasteiger partial charge in [-0.15, -0.1) is 0 Å². The second-order valence-corrected chi connectivity index (χ2v) is 4.85. The summed E-state index contributed by atoms with van der Waals surface area (Å²) < 4.78 is 6.02. The molecule has 0 spiro atoms. The van der Waals surface area contributed by atoms with E-state index in [4.69, 9.17) is 4.74 Å². The first-order valence-corrected chi connectivity index (χ1v) is 6.15. The van der Waals surface area contributed by atoms with E-state index in [9.17, 15) is 0 Å². The number of hydrogen-bond donors (Lipinski definition) is 0. The first kappa shape index (κ1) is 10.2. The lowest BCUT2D eigenvalue weighted by molar-refractivity contribution is -0.0766. The predicted octanol–water partition coefficient (Wildman–Crippen LogP) is 1.69. The molecule has 2 bridgehead atoms. The van der Waals surface area contributed by atoms with Gasteiger partial charge in [0.2, 0.25) is 0 Å². The molecule has 0 saturated carbocycles. The van der Waals surface area contributed by atoms with E-state index in [0.29, 0.717) is 12.7 Å². The third-order valence-electron chi connectivity index (χ3n) is 3.78. The molecule has 86 valence electrons. The Kier molecular flexibility index (Phi) is 2.89. The summed E-state index contributed by atoms with van der Waals surface area (Å²) in [7, 11) is 0. The Labute approximate surface area is 96.4 Å². The summed E-state index contributed by atoms with van der Waals surface area (Å²) >= 11 is 0. The minimum absolute atomic E-state index is 0.447. The number of fused-ring (bicyclic) bond motifs is 3. The van der Waals surface area contributed by atoms with Crippen LogP contribution >= 0.6 is 0 Å². The van der Waals surface area contributed by atoms with Crippen molar-refractivity contribution in [2.45, 2.75) is 25.6 Å². The van der Waals surface area contributed by atoms with E-state index in [1.54, 1.807) is 6.20 Å². The summed E-state index contributed by atoms with van der Waals surface area (Å²) in [5.41, 5.74) is 1.18. The quantitative estimate of drug-likeness (QED) is 0.772. The van der Waals surface area contributed by atoms with Crippen LogP contribution in [0.3, 0.4) is 0 Å². The number of piperidine rings is 3. The molecule has 0 N–H and O–H groups in total.